The van der Waals surface area contributed by atoms with Gasteiger partial charge in [0.2, 0.25) is 10.0 Å². The number of ether oxygens (including phenoxy) is 1. The smallest absolute Gasteiger partial charge is 0.275 e. The van der Waals surface area contributed by atoms with Crippen molar-refractivity contribution in [1.29, 1.82) is 0 Å². The van der Waals surface area contributed by atoms with E-state index in [0.29, 0.717) is 23.0 Å². The first-order valence-electron chi connectivity index (χ1n) is 8.89. The minimum atomic E-state index is -3.40. The largest absolute Gasteiger partial charge is 0.476 e. The molecule has 0 unspecified atom stereocenters. The van der Waals surface area contributed by atoms with Crippen LogP contribution in [0.4, 0.5) is 17.1 Å². The number of amides is 1. The Morgan fingerprint density at radius 3 is 2.37 bits per heavy atom. The summed E-state index contributed by atoms with van der Waals surface area (Å²) >= 11 is 0. The Morgan fingerprint density at radius 2 is 1.78 bits per heavy atom. The van der Waals surface area contributed by atoms with Gasteiger partial charge in [-0.15, -0.1) is 0 Å². The van der Waals surface area contributed by atoms with E-state index in [1.54, 1.807) is 36.9 Å². The Hall–Kier alpha value is -2.54. The molecule has 7 heteroatoms. The molecule has 2 aliphatic rings. The fraction of sp³-hybridized carbons (Fsp3) is 0.350. The second-order valence-electron chi connectivity index (χ2n) is 7.68. The summed E-state index contributed by atoms with van der Waals surface area (Å²) in [6, 6.07) is 13.0. The minimum Gasteiger partial charge on any atom is -0.476 e. The van der Waals surface area contributed by atoms with Gasteiger partial charge in [-0.2, -0.15) is 0 Å². The zero-order chi connectivity index (χ0) is 19.4. The first-order valence-corrected chi connectivity index (χ1v) is 10.8. The van der Waals surface area contributed by atoms with Gasteiger partial charge in [-0.1, -0.05) is 12.1 Å². The van der Waals surface area contributed by atoms with Gasteiger partial charge in [-0.25, -0.2) is 8.42 Å². The zero-order valence-corrected chi connectivity index (χ0v) is 16.3. The fourth-order valence-corrected chi connectivity index (χ4v) is 3.88. The third-order valence-corrected chi connectivity index (χ3v) is 5.39. The molecule has 2 aromatic carbocycles. The van der Waals surface area contributed by atoms with Gasteiger partial charge in [0, 0.05) is 11.8 Å². The van der Waals surface area contributed by atoms with Crippen molar-refractivity contribution in [3.8, 4) is 5.75 Å². The van der Waals surface area contributed by atoms with Crippen molar-refractivity contribution in [2.45, 2.75) is 38.2 Å². The third-order valence-electron chi connectivity index (χ3n) is 4.79. The summed E-state index contributed by atoms with van der Waals surface area (Å²) in [7, 11) is -3.40. The normalized spacial score (nSPS) is 18.6. The number of nitrogens with one attached hydrogen (secondary N) is 1. The molecule has 1 aliphatic carbocycles. The number of carbonyl (C=O) groups excluding carboxylic acids is 1. The Kier molecular flexibility index (Phi) is 3.96. The number of nitrogens with zero attached hydrogens (tertiary/aromatic N) is 1. The van der Waals surface area contributed by atoms with E-state index < -0.39 is 15.6 Å². The summed E-state index contributed by atoms with van der Waals surface area (Å²) < 4.78 is 31.3. The Balaban J connectivity index is 1.76. The van der Waals surface area contributed by atoms with E-state index in [9.17, 15) is 13.2 Å². The van der Waals surface area contributed by atoms with Crippen molar-refractivity contribution in [3.63, 3.8) is 0 Å². The maximum absolute atomic E-state index is 13.0. The lowest BCUT2D eigenvalue weighted by Crippen LogP contribution is -2.50. The second-order valence-corrected chi connectivity index (χ2v) is 9.42. The topological polar surface area (TPSA) is 75.7 Å². The third kappa shape index (κ3) is 3.51. The van der Waals surface area contributed by atoms with E-state index in [4.69, 9.17) is 4.74 Å². The Bertz CT molecular complexity index is 1010. The highest BCUT2D eigenvalue weighted by molar-refractivity contribution is 7.92. The first-order chi connectivity index (χ1) is 12.6. The molecule has 2 aromatic rings. The van der Waals surface area contributed by atoms with Crippen molar-refractivity contribution in [2.24, 2.45) is 0 Å². The molecule has 142 valence electrons. The predicted octanol–water partition coefficient (Wildman–Crippen LogP) is 3.77. The van der Waals surface area contributed by atoms with Crippen LogP contribution in [0.25, 0.3) is 0 Å². The lowest BCUT2D eigenvalue weighted by Gasteiger charge is -2.39. The van der Waals surface area contributed by atoms with Gasteiger partial charge >= 0.3 is 0 Å². The summed E-state index contributed by atoms with van der Waals surface area (Å²) in [6.07, 6.45) is 3.54. The number of rotatable bonds is 4. The second kappa shape index (κ2) is 5.99. The number of hydrogen-bond acceptors (Lipinski definition) is 4. The van der Waals surface area contributed by atoms with Gasteiger partial charge in [-0.05, 0) is 62.4 Å². The number of hydrogen-bond donors (Lipinski definition) is 1. The number of benzene rings is 2. The summed E-state index contributed by atoms with van der Waals surface area (Å²) in [5.41, 5.74) is 1.99. The fourth-order valence-electron chi connectivity index (χ4n) is 3.32. The van der Waals surface area contributed by atoms with E-state index in [0.717, 1.165) is 11.9 Å². The molecule has 6 nitrogen and oxygen atoms in total. The molecule has 0 aromatic heterocycles. The standard InChI is InChI=1S/C20H22N2O4S/c1-20(2)19(23)22(16-9-6-14(7-10-16)13-4-5-13)17-11-8-15(12-18(17)26-20)21-27(3,24)25/h6-13,21H,4-5H2,1-3H3. The van der Waals surface area contributed by atoms with Crippen LogP contribution < -0.4 is 14.4 Å². The van der Waals surface area contributed by atoms with Crippen LogP contribution in [0.1, 0.15) is 38.2 Å². The molecule has 0 spiro atoms. The van der Waals surface area contributed by atoms with E-state index in [1.807, 2.05) is 12.1 Å². The molecule has 1 aliphatic heterocycles. The molecule has 1 saturated carbocycles. The average molecular weight is 386 g/mol. The van der Waals surface area contributed by atoms with Crippen molar-refractivity contribution >= 4 is 33.0 Å². The molecule has 0 atom stereocenters. The lowest BCUT2D eigenvalue weighted by molar-refractivity contribution is -0.131. The first kappa shape index (κ1) is 17.9. The number of sulfonamides is 1. The predicted molar refractivity (Wildman–Crippen MR) is 105 cm³/mol. The quantitative estimate of drug-likeness (QED) is 0.868. The van der Waals surface area contributed by atoms with Crippen LogP contribution in [0.15, 0.2) is 42.5 Å². The molecule has 1 amide bonds. The van der Waals surface area contributed by atoms with Gasteiger partial charge in [-0.3, -0.25) is 14.4 Å². The summed E-state index contributed by atoms with van der Waals surface area (Å²) in [4.78, 5) is 14.7. The van der Waals surface area contributed by atoms with Gasteiger partial charge < -0.3 is 4.74 Å². The maximum atomic E-state index is 13.0. The molecule has 4 rings (SSSR count). The molecule has 1 fully saturated rings. The minimum absolute atomic E-state index is 0.169. The van der Waals surface area contributed by atoms with Crippen LogP contribution in [0.5, 0.6) is 5.75 Å². The molecule has 0 saturated heterocycles. The number of anilines is 3. The number of carbonyl (C=O) groups is 1. The summed E-state index contributed by atoms with van der Waals surface area (Å²) in [5.74, 6) is 0.935. The summed E-state index contributed by atoms with van der Waals surface area (Å²) in [5, 5.41) is 0. The van der Waals surface area contributed by atoms with E-state index in [-0.39, 0.29) is 5.91 Å². The van der Waals surface area contributed by atoms with Crippen molar-refractivity contribution in [3.05, 3.63) is 48.0 Å². The molecular formula is C20H22N2O4S. The monoisotopic (exact) mass is 386 g/mol. The Labute approximate surface area is 159 Å². The van der Waals surface area contributed by atoms with Crippen LogP contribution in [0.3, 0.4) is 0 Å². The van der Waals surface area contributed by atoms with E-state index in [1.165, 1.54) is 18.4 Å². The van der Waals surface area contributed by atoms with Crippen LogP contribution in [0, 0.1) is 0 Å². The molecular weight excluding hydrogens is 364 g/mol. The Morgan fingerprint density at radius 1 is 1.11 bits per heavy atom. The zero-order valence-electron chi connectivity index (χ0n) is 15.5. The van der Waals surface area contributed by atoms with Crippen LogP contribution >= 0.6 is 0 Å². The van der Waals surface area contributed by atoms with Crippen LogP contribution in [0.2, 0.25) is 0 Å². The molecule has 1 heterocycles. The lowest BCUT2D eigenvalue weighted by atomic mass is 10.0. The van der Waals surface area contributed by atoms with Crippen molar-refractivity contribution in [1.82, 2.24) is 0 Å². The average Bonchev–Trinajstić information content (AvgIpc) is 3.40. The molecule has 0 bridgehead atoms. The van der Waals surface area contributed by atoms with Gasteiger partial charge in [0.1, 0.15) is 5.75 Å². The highest BCUT2D eigenvalue weighted by Crippen LogP contribution is 2.45. The van der Waals surface area contributed by atoms with Crippen LogP contribution in [-0.4, -0.2) is 26.2 Å². The van der Waals surface area contributed by atoms with Crippen LogP contribution in [-0.2, 0) is 14.8 Å². The molecule has 0 radical (unpaired) electrons. The molecule has 27 heavy (non-hydrogen) atoms. The molecule has 1 N–H and O–H groups in total. The van der Waals surface area contributed by atoms with Crippen molar-refractivity contribution in [2.75, 3.05) is 15.9 Å². The van der Waals surface area contributed by atoms with Gasteiger partial charge in [0.25, 0.3) is 5.91 Å². The highest BCUT2D eigenvalue weighted by atomic mass is 32.2. The summed E-state index contributed by atoms with van der Waals surface area (Å²) in [6.45, 7) is 3.42. The van der Waals surface area contributed by atoms with Gasteiger partial charge in [0.05, 0.1) is 17.6 Å². The maximum Gasteiger partial charge on any atom is 0.275 e. The number of fused-ring (bicyclic) bond motifs is 1. The van der Waals surface area contributed by atoms with E-state index >= 15 is 0 Å². The van der Waals surface area contributed by atoms with E-state index in [2.05, 4.69) is 16.9 Å². The highest BCUT2D eigenvalue weighted by Gasteiger charge is 2.42. The SMILES string of the molecule is CC1(C)Oc2cc(NS(C)(=O)=O)ccc2N(c2ccc(C3CC3)cc2)C1=O. The van der Waals surface area contributed by atoms with Crippen molar-refractivity contribution < 1.29 is 17.9 Å². The van der Waals surface area contributed by atoms with Gasteiger partial charge in [0.15, 0.2) is 5.60 Å².